The van der Waals surface area contributed by atoms with Crippen molar-refractivity contribution in [3.05, 3.63) is 52.0 Å². The predicted octanol–water partition coefficient (Wildman–Crippen LogP) is 1.23. The van der Waals surface area contributed by atoms with Gasteiger partial charge >= 0.3 is 0 Å². The highest BCUT2D eigenvalue weighted by Crippen LogP contribution is 2.23. The van der Waals surface area contributed by atoms with Crippen LogP contribution in [0.5, 0.6) is 0 Å². The molecular formula is C20H24N4O5S. The molecule has 0 unspecified atom stereocenters. The molecule has 0 aliphatic carbocycles. The van der Waals surface area contributed by atoms with E-state index in [1.54, 1.807) is 11.0 Å². The smallest absolute Gasteiger partial charge is 0.290 e. The zero-order valence-corrected chi connectivity index (χ0v) is 17.3. The molecule has 0 bridgehead atoms. The molecule has 2 amide bonds. The number of aryl methyl sites for hydroxylation is 1. The molecule has 3 N–H and O–H groups in total. The van der Waals surface area contributed by atoms with Crippen LogP contribution in [0.4, 0.5) is 0 Å². The zero-order chi connectivity index (χ0) is 22.0. The van der Waals surface area contributed by atoms with E-state index < -0.39 is 11.5 Å². The maximum atomic E-state index is 12.4. The number of carbonyl (C=O) groups excluding carboxylic acids is 2. The van der Waals surface area contributed by atoms with Gasteiger partial charge in [-0.05, 0) is 18.6 Å². The molecule has 1 aromatic carbocycles. The second-order valence-electron chi connectivity index (χ2n) is 6.60. The molecule has 9 nitrogen and oxygen atoms in total. The number of piperidine rings is 1. The maximum absolute atomic E-state index is 12.4. The number of nitrogens with one attached hydrogen (secondary N) is 1. The molecule has 30 heavy (non-hydrogen) atoms. The summed E-state index contributed by atoms with van der Waals surface area (Å²) in [7, 11) is 0. The summed E-state index contributed by atoms with van der Waals surface area (Å²) < 4.78 is 0. The van der Waals surface area contributed by atoms with Crippen LogP contribution in [-0.2, 0) is 20.9 Å². The van der Waals surface area contributed by atoms with E-state index >= 15 is 0 Å². The summed E-state index contributed by atoms with van der Waals surface area (Å²) in [6.45, 7) is 2.50. The largest absolute Gasteiger partial charge is 0.483 e. The number of hydrogen-bond acceptors (Lipinski definition) is 7. The van der Waals surface area contributed by atoms with E-state index in [-0.39, 0.29) is 31.8 Å². The highest BCUT2D eigenvalue weighted by molar-refractivity contribution is 7.11. The molecular weight excluding hydrogens is 408 g/mol. The summed E-state index contributed by atoms with van der Waals surface area (Å²) in [4.78, 5) is 34.7. The van der Waals surface area contributed by atoms with Crippen molar-refractivity contribution in [3.63, 3.8) is 0 Å². The normalized spacial score (nSPS) is 15.2. The second kappa shape index (κ2) is 11.2. The molecule has 2 aromatic rings. The second-order valence-corrected chi connectivity index (χ2v) is 7.87. The van der Waals surface area contributed by atoms with E-state index in [1.807, 2.05) is 37.3 Å². The summed E-state index contributed by atoms with van der Waals surface area (Å²) in [6.07, 6.45) is 3.70. The number of hydrogen-bond donors (Lipinski definition) is 3. The maximum Gasteiger partial charge on any atom is 0.290 e. The van der Waals surface area contributed by atoms with E-state index in [2.05, 4.69) is 15.5 Å². The number of aliphatic hydroxyl groups is 1. The Hall–Kier alpha value is -3.11. The first-order chi connectivity index (χ1) is 14.4. The minimum absolute atomic E-state index is 0.120. The minimum atomic E-state index is -1.46. The molecule has 1 saturated heterocycles. The van der Waals surface area contributed by atoms with E-state index in [0.29, 0.717) is 18.1 Å². The Bertz CT molecular complexity index is 876. The molecule has 3 rings (SSSR count). The topological polar surface area (TPSA) is 133 Å². The number of aromatic nitrogens is 2. The number of carbonyl (C=O) groups is 3. The minimum Gasteiger partial charge on any atom is -0.483 e. The number of likely N-dealkylation sites (tertiary alicyclic amines) is 1. The van der Waals surface area contributed by atoms with Crippen molar-refractivity contribution in [1.29, 1.82) is 0 Å². The third kappa shape index (κ3) is 6.75. The van der Waals surface area contributed by atoms with Crippen LogP contribution >= 0.6 is 11.3 Å². The van der Waals surface area contributed by atoms with Gasteiger partial charge in [-0.1, -0.05) is 41.7 Å². The van der Waals surface area contributed by atoms with Crippen LogP contribution in [0.15, 0.2) is 36.4 Å². The molecule has 0 atom stereocenters. The third-order valence-electron chi connectivity index (χ3n) is 4.51. The average molecular weight is 433 g/mol. The Morgan fingerprint density at radius 2 is 1.87 bits per heavy atom. The van der Waals surface area contributed by atoms with Crippen molar-refractivity contribution in [2.24, 2.45) is 0 Å². The molecule has 1 aromatic heterocycles. The van der Waals surface area contributed by atoms with Gasteiger partial charge in [0.1, 0.15) is 15.6 Å². The predicted molar refractivity (Wildman–Crippen MR) is 111 cm³/mol. The number of nitrogens with zero attached hydrogens (tertiary/aromatic N) is 3. The Morgan fingerprint density at radius 1 is 1.23 bits per heavy atom. The van der Waals surface area contributed by atoms with Gasteiger partial charge in [0.25, 0.3) is 12.4 Å². The van der Waals surface area contributed by atoms with Gasteiger partial charge < -0.3 is 20.4 Å². The van der Waals surface area contributed by atoms with Gasteiger partial charge in [-0.25, -0.2) is 0 Å². The van der Waals surface area contributed by atoms with Crippen LogP contribution in [0, 0.1) is 6.92 Å². The van der Waals surface area contributed by atoms with Crippen molar-refractivity contribution in [1.82, 2.24) is 20.4 Å². The van der Waals surface area contributed by atoms with E-state index in [0.717, 1.165) is 10.6 Å². The number of carboxylic acid groups (broad SMARTS) is 1. The fourth-order valence-electron chi connectivity index (χ4n) is 2.89. The third-order valence-corrected chi connectivity index (χ3v) is 5.35. The fraction of sp³-hybridized carbons (Fsp3) is 0.350. The van der Waals surface area contributed by atoms with Crippen LogP contribution in [0.1, 0.15) is 28.4 Å². The lowest BCUT2D eigenvalue weighted by Gasteiger charge is -2.36. The van der Waals surface area contributed by atoms with Crippen LogP contribution in [-0.4, -0.2) is 62.3 Å². The Balaban J connectivity index is 0.00000101. The van der Waals surface area contributed by atoms with Crippen molar-refractivity contribution < 1.29 is 24.6 Å². The Morgan fingerprint density at radius 3 is 2.43 bits per heavy atom. The lowest BCUT2D eigenvalue weighted by molar-refractivity contribution is -0.148. The summed E-state index contributed by atoms with van der Waals surface area (Å²) >= 11 is 1.40. The molecule has 0 saturated carbocycles. The molecule has 10 heteroatoms. The quantitative estimate of drug-likeness (QED) is 0.478. The van der Waals surface area contributed by atoms with Gasteiger partial charge in [0.05, 0.1) is 6.54 Å². The van der Waals surface area contributed by atoms with Crippen molar-refractivity contribution in [3.8, 4) is 0 Å². The first kappa shape index (κ1) is 23.2. The standard InChI is InChI=1S/C19H22N4O3S.CH2O2/c1-14-21-22-16(27-14)13-20-18(25)19(26)9-11-23(12-10-19)17(24)8-7-15-5-3-2-4-6-15;2-1-3/h2-8,26H,9-13H2,1H3,(H,20,25);1H,(H,2,3)/b8-7+;. The first-order valence-corrected chi connectivity index (χ1v) is 10.1. The monoisotopic (exact) mass is 432 g/mol. The first-order valence-electron chi connectivity index (χ1n) is 9.27. The van der Waals surface area contributed by atoms with Gasteiger partial charge in [-0.2, -0.15) is 0 Å². The van der Waals surface area contributed by atoms with Crippen molar-refractivity contribution in [2.75, 3.05) is 13.1 Å². The van der Waals surface area contributed by atoms with Gasteiger partial charge in [-0.3, -0.25) is 14.4 Å². The number of rotatable bonds is 5. The van der Waals surface area contributed by atoms with Crippen LogP contribution in [0.2, 0.25) is 0 Å². The molecule has 1 fully saturated rings. The summed E-state index contributed by atoms with van der Waals surface area (Å²) in [5.41, 5.74) is -0.509. The highest BCUT2D eigenvalue weighted by Gasteiger charge is 2.40. The fourth-order valence-corrected chi connectivity index (χ4v) is 3.54. The molecule has 1 aliphatic rings. The zero-order valence-electron chi connectivity index (χ0n) is 16.5. The number of amides is 2. The molecule has 1 aliphatic heterocycles. The Kier molecular flexibility index (Phi) is 8.63. The van der Waals surface area contributed by atoms with Gasteiger partial charge in [0.2, 0.25) is 5.91 Å². The lowest BCUT2D eigenvalue weighted by atomic mass is 9.90. The van der Waals surface area contributed by atoms with E-state index in [1.165, 1.54) is 17.4 Å². The van der Waals surface area contributed by atoms with Crippen LogP contribution in [0.25, 0.3) is 6.08 Å². The Labute approximate surface area is 178 Å². The highest BCUT2D eigenvalue weighted by atomic mass is 32.1. The number of benzene rings is 1. The van der Waals surface area contributed by atoms with Crippen LogP contribution < -0.4 is 5.32 Å². The molecule has 0 radical (unpaired) electrons. The van der Waals surface area contributed by atoms with Crippen LogP contribution in [0.3, 0.4) is 0 Å². The summed E-state index contributed by atoms with van der Waals surface area (Å²) in [5, 5.41) is 29.6. The average Bonchev–Trinajstić information content (AvgIpc) is 3.17. The van der Waals surface area contributed by atoms with E-state index in [4.69, 9.17) is 9.90 Å². The summed E-state index contributed by atoms with van der Waals surface area (Å²) in [6, 6.07) is 9.58. The van der Waals surface area contributed by atoms with Gasteiger partial charge in [0, 0.05) is 32.0 Å². The van der Waals surface area contributed by atoms with Crippen molar-refractivity contribution in [2.45, 2.75) is 31.9 Å². The lowest BCUT2D eigenvalue weighted by Crippen LogP contribution is -2.54. The van der Waals surface area contributed by atoms with Gasteiger partial charge in [-0.15, -0.1) is 10.2 Å². The molecule has 160 valence electrons. The molecule has 0 spiro atoms. The summed E-state index contributed by atoms with van der Waals surface area (Å²) in [5.74, 6) is -0.548. The van der Waals surface area contributed by atoms with Crippen molar-refractivity contribution >= 4 is 35.7 Å². The molecule has 2 heterocycles. The SMILES string of the molecule is Cc1nnc(CNC(=O)C2(O)CCN(C(=O)/C=C/c3ccccc3)CC2)s1.O=CO. The van der Waals surface area contributed by atoms with Gasteiger partial charge in [0.15, 0.2) is 0 Å². The van der Waals surface area contributed by atoms with E-state index in [9.17, 15) is 14.7 Å².